The molecule has 1 saturated carbocycles. The normalized spacial score (nSPS) is 18.0. The van der Waals surface area contributed by atoms with Crippen LogP contribution < -0.4 is 21.3 Å². The number of aliphatic hydroxyl groups excluding tert-OH is 3. The number of imidazole rings is 1. The number of amides is 3. The van der Waals surface area contributed by atoms with Crippen LogP contribution in [0.2, 0.25) is 0 Å². The number of carboxylic acids is 1. The van der Waals surface area contributed by atoms with Crippen LogP contribution in [0, 0.1) is 0 Å². The fourth-order valence-electron chi connectivity index (χ4n) is 6.48. The Kier molecular flexibility index (Phi) is 13.7. The van der Waals surface area contributed by atoms with Crippen LogP contribution in [0.25, 0.3) is 11.2 Å². The molecule has 310 valence electrons. The van der Waals surface area contributed by atoms with Gasteiger partial charge in [0.05, 0.1) is 36.8 Å². The molecule has 1 fully saturated rings. The Morgan fingerprint density at radius 3 is 2.09 bits per heavy atom. The highest BCUT2D eigenvalue weighted by molar-refractivity contribution is 5.94. The molecule has 4 atom stereocenters. The van der Waals surface area contributed by atoms with Crippen LogP contribution in [0.4, 0.5) is 23.8 Å². The molecule has 0 radical (unpaired) electrons. The van der Waals surface area contributed by atoms with Crippen molar-refractivity contribution in [2.75, 3.05) is 25.0 Å². The van der Waals surface area contributed by atoms with E-state index < -0.39 is 47.9 Å². The van der Waals surface area contributed by atoms with Crippen molar-refractivity contribution in [1.29, 1.82) is 0 Å². The summed E-state index contributed by atoms with van der Waals surface area (Å²) < 4.78 is 34.9. The third-order valence-corrected chi connectivity index (χ3v) is 9.38. The van der Waals surface area contributed by atoms with Crippen LogP contribution in [0.15, 0.2) is 79.4 Å². The Morgan fingerprint density at radius 2 is 1.53 bits per heavy atom. The van der Waals surface area contributed by atoms with Crippen LogP contribution in [0.5, 0.6) is 0 Å². The van der Waals surface area contributed by atoms with Crippen LogP contribution in [-0.2, 0) is 11.4 Å². The van der Waals surface area contributed by atoms with Crippen molar-refractivity contribution in [3.8, 4) is 0 Å². The number of aliphatic hydroxyl groups is 3. The van der Waals surface area contributed by atoms with Crippen LogP contribution in [0.3, 0.4) is 0 Å². The van der Waals surface area contributed by atoms with Gasteiger partial charge in [0, 0.05) is 37.3 Å². The summed E-state index contributed by atoms with van der Waals surface area (Å²) in [5.41, 5.74) is 2.65. The molecule has 1 aliphatic rings. The Hall–Kier alpha value is -6.12. The van der Waals surface area contributed by atoms with Crippen LogP contribution in [-0.4, -0.2) is 111 Å². The van der Waals surface area contributed by atoms with Gasteiger partial charge in [-0.05, 0) is 38.3 Å². The largest absolute Gasteiger partial charge is 0.490 e. The first-order valence-electron chi connectivity index (χ1n) is 18.3. The molecular weight excluding hydrogens is 765 g/mol. The second-order valence-corrected chi connectivity index (χ2v) is 14.2. The van der Waals surface area contributed by atoms with E-state index in [1.165, 1.54) is 12.5 Å². The van der Waals surface area contributed by atoms with Gasteiger partial charge < -0.3 is 46.3 Å². The predicted octanol–water partition coefficient (Wildman–Crippen LogP) is 3.13. The van der Waals surface area contributed by atoms with Crippen LogP contribution in [0.1, 0.15) is 72.5 Å². The lowest BCUT2D eigenvalue weighted by Gasteiger charge is -2.26. The van der Waals surface area contributed by atoms with Gasteiger partial charge in [0.15, 0.2) is 11.5 Å². The Balaban J connectivity index is 0.000000839. The number of fused-ring (bicyclic) bond motifs is 1. The van der Waals surface area contributed by atoms with E-state index in [-0.39, 0.29) is 37.3 Å². The van der Waals surface area contributed by atoms with Gasteiger partial charge in [-0.2, -0.15) is 18.3 Å². The third-order valence-electron chi connectivity index (χ3n) is 9.38. The van der Waals surface area contributed by atoms with E-state index in [0.29, 0.717) is 35.6 Å². The van der Waals surface area contributed by atoms with Crippen molar-refractivity contribution >= 4 is 34.9 Å². The predicted molar refractivity (Wildman–Crippen MR) is 204 cm³/mol. The molecule has 1 aliphatic carbocycles. The smallest absolute Gasteiger partial charge is 0.475 e. The van der Waals surface area contributed by atoms with Gasteiger partial charge in [-0.15, -0.1) is 0 Å². The van der Waals surface area contributed by atoms with Gasteiger partial charge in [-0.1, -0.05) is 60.7 Å². The molecular formula is C38H45F3N10O7. The molecule has 0 bridgehead atoms. The van der Waals surface area contributed by atoms with Gasteiger partial charge in [-0.25, -0.2) is 24.5 Å². The average Bonchev–Trinajstić information content (AvgIpc) is 3.92. The quantitative estimate of drug-likeness (QED) is 0.0856. The maximum Gasteiger partial charge on any atom is 0.490 e. The summed E-state index contributed by atoms with van der Waals surface area (Å²) >= 11 is 0. The number of carbonyl (C=O) groups excluding carboxylic acids is 2. The standard InChI is InChI=1S/C36H44N10O5.C2HF3O2/c1-4-37-35(51)44-36(2,3)20-39-34(50)32-42-31(38-17-25(23-11-7-5-8-12-23)24-13-9-6-10-14-24)28-33(43-32)45(21-40-28)26-15-27(30(49)29(26)48)46-18-22(19-47)16-41-46;3-2(4,5)1(6)7/h5-14,16,18,21,25-27,29-30,47-49H,4,15,17,19-20H2,1-3H3,(H,39,50)(H2,37,44,51)(H,38,42,43);(H,6,7)/t26-,27+,29+,30-;/m1./s1. The number of alkyl halides is 3. The summed E-state index contributed by atoms with van der Waals surface area (Å²) in [4.78, 5) is 48.7. The zero-order valence-corrected chi connectivity index (χ0v) is 31.8. The SMILES string of the molecule is CCNC(=O)NC(C)(C)CNC(=O)c1nc(NCC(c2ccccc2)c2ccccc2)c2ncn([C@@H]3C[C@H](n4cc(CO)cn4)[C@@H](O)[C@H]3O)c2n1.O=C(O)C(F)(F)F. The van der Waals surface area contributed by atoms with Gasteiger partial charge >= 0.3 is 18.2 Å². The molecule has 2 aromatic carbocycles. The molecule has 3 amide bonds. The minimum absolute atomic E-state index is 0.0663. The summed E-state index contributed by atoms with van der Waals surface area (Å²) in [6, 6.07) is 18.5. The van der Waals surface area contributed by atoms with E-state index in [2.05, 4.69) is 65.6 Å². The molecule has 20 heteroatoms. The number of carboxylic acid groups (broad SMARTS) is 1. The first-order valence-corrected chi connectivity index (χ1v) is 18.3. The molecule has 0 saturated heterocycles. The van der Waals surface area contributed by atoms with Gasteiger partial charge in [0.2, 0.25) is 5.82 Å². The molecule has 8 N–H and O–H groups in total. The van der Waals surface area contributed by atoms with E-state index in [1.54, 1.807) is 29.3 Å². The number of urea groups is 1. The van der Waals surface area contributed by atoms with E-state index >= 15 is 0 Å². The fourth-order valence-corrected chi connectivity index (χ4v) is 6.48. The number of nitrogens with zero attached hydrogens (tertiary/aromatic N) is 6. The lowest BCUT2D eigenvalue weighted by atomic mass is 9.91. The van der Waals surface area contributed by atoms with Gasteiger partial charge in [0.1, 0.15) is 17.7 Å². The Bertz CT molecular complexity index is 2130. The van der Waals surface area contributed by atoms with E-state index in [0.717, 1.165) is 11.1 Å². The van der Waals surface area contributed by atoms with Crippen molar-refractivity contribution in [2.45, 2.75) is 75.7 Å². The lowest BCUT2D eigenvalue weighted by molar-refractivity contribution is -0.192. The number of hydrogen-bond acceptors (Lipinski definition) is 11. The molecule has 6 rings (SSSR count). The Labute approximate surface area is 330 Å². The highest BCUT2D eigenvalue weighted by Gasteiger charge is 2.45. The lowest BCUT2D eigenvalue weighted by Crippen LogP contribution is -2.54. The van der Waals surface area contributed by atoms with Gasteiger partial charge in [-0.3, -0.25) is 9.48 Å². The molecule has 0 unspecified atom stereocenters. The maximum absolute atomic E-state index is 13.7. The summed E-state index contributed by atoms with van der Waals surface area (Å²) in [6.45, 7) is 6.15. The molecule has 5 aromatic rings. The number of anilines is 1. The van der Waals surface area contributed by atoms with E-state index in [9.17, 15) is 38.1 Å². The second-order valence-electron chi connectivity index (χ2n) is 14.2. The van der Waals surface area contributed by atoms with E-state index in [4.69, 9.17) is 9.90 Å². The van der Waals surface area contributed by atoms with Crippen molar-refractivity contribution in [1.82, 2.24) is 45.2 Å². The number of aromatic nitrogens is 6. The number of carbonyl (C=O) groups is 3. The topological polar surface area (TPSA) is 242 Å². The van der Waals surface area contributed by atoms with Crippen molar-refractivity contribution in [2.24, 2.45) is 0 Å². The summed E-state index contributed by atoms with van der Waals surface area (Å²) in [7, 11) is 0. The summed E-state index contributed by atoms with van der Waals surface area (Å²) in [5, 5.41) is 55.1. The number of aliphatic carboxylic acids is 1. The minimum Gasteiger partial charge on any atom is -0.475 e. The minimum atomic E-state index is -5.08. The van der Waals surface area contributed by atoms with E-state index in [1.807, 2.05) is 43.3 Å². The number of rotatable bonds is 13. The highest BCUT2D eigenvalue weighted by Crippen LogP contribution is 2.40. The maximum atomic E-state index is 13.7. The monoisotopic (exact) mass is 810 g/mol. The highest BCUT2D eigenvalue weighted by atomic mass is 19.4. The number of hydrogen-bond donors (Lipinski definition) is 8. The average molecular weight is 811 g/mol. The van der Waals surface area contributed by atoms with Gasteiger partial charge in [0.25, 0.3) is 5.91 Å². The van der Waals surface area contributed by atoms with Crippen molar-refractivity contribution < 1.29 is 48.0 Å². The molecule has 0 aliphatic heterocycles. The Morgan fingerprint density at radius 1 is 0.931 bits per heavy atom. The van der Waals surface area contributed by atoms with Crippen LogP contribution >= 0.6 is 0 Å². The zero-order valence-electron chi connectivity index (χ0n) is 31.8. The van der Waals surface area contributed by atoms with Crippen molar-refractivity contribution in [3.05, 3.63) is 102 Å². The number of nitrogens with one attached hydrogen (secondary N) is 4. The zero-order chi connectivity index (χ0) is 42.2. The molecule has 17 nitrogen and oxygen atoms in total. The number of benzene rings is 2. The second kappa shape index (κ2) is 18.4. The molecule has 3 heterocycles. The summed E-state index contributed by atoms with van der Waals surface area (Å²) in [6.07, 6.45) is -2.50. The molecule has 3 aromatic heterocycles. The van der Waals surface area contributed by atoms with Crippen molar-refractivity contribution in [3.63, 3.8) is 0 Å². The first kappa shape index (κ1) is 43.0. The number of halogens is 3. The first-order chi connectivity index (χ1) is 27.5. The third kappa shape index (κ3) is 10.4. The summed E-state index contributed by atoms with van der Waals surface area (Å²) in [5.74, 6) is -3.21. The molecule has 0 spiro atoms. The fraction of sp³-hybridized carbons (Fsp3) is 0.395. The molecule has 58 heavy (non-hydrogen) atoms.